The lowest BCUT2D eigenvalue weighted by Crippen LogP contribution is -2.37. The Balaban J connectivity index is 2.81. The zero-order valence-corrected chi connectivity index (χ0v) is 11.5. The summed E-state index contributed by atoms with van der Waals surface area (Å²) in [5, 5.41) is 0. The van der Waals surface area contributed by atoms with Crippen LogP contribution in [0, 0.1) is 0 Å². The maximum absolute atomic E-state index is 11.9. The highest BCUT2D eigenvalue weighted by atomic mass is 35.5. The summed E-state index contributed by atoms with van der Waals surface area (Å²) in [5.74, 6) is -0.554. The van der Waals surface area contributed by atoms with Crippen molar-refractivity contribution in [1.29, 1.82) is 0 Å². The van der Waals surface area contributed by atoms with Gasteiger partial charge in [-0.3, -0.25) is 9.63 Å². The molecule has 0 saturated heterocycles. The van der Waals surface area contributed by atoms with Crippen molar-refractivity contribution < 1.29 is 18.0 Å². The van der Waals surface area contributed by atoms with Crippen LogP contribution >= 0.6 is 22.9 Å². The van der Waals surface area contributed by atoms with Gasteiger partial charge in [0.1, 0.15) is 4.21 Å². The molecule has 1 aromatic heterocycles. The fraction of sp³-hybridized carbons (Fsp3) is 0.375. The first-order valence-electron chi connectivity index (χ1n) is 4.41. The van der Waals surface area contributed by atoms with Crippen LogP contribution in [0.15, 0.2) is 16.3 Å². The number of rotatable bonds is 5. The summed E-state index contributed by atoms with van der Waals surface area (Å²) in [6, 6.07) is 2.88. The Kier molecular flexibility index (Phi) is 4.90. The lowest BCUT2D eigenvalue weighted by molar-refractivity contribution is -0.131. The van der Waals surface area contributed by atoms with E-state index in [-0.39, 0.29) is 10.8 Å². The average Bonchev–Trinajstić information content (AvgIpc) is 2.65. The Bertz CT molecular complexity index is 499. The van der Waals surface area contributed by atoms with Crippen LogP contribution in [0.5, 0.6) is 0 Å². The number of sulfonamides is 1. The van der Waals surface area contributed by atoms with Crippen LogP contribution < -0.4 is 5.48 Å². The van der Waals surface area contributed by atoms with Crippen LogP contribution in [0.2, 0.25) is 4.34 Å². The van der Waals surface area contributed by atoms with Crippen LogP contribution in [-0.4, -0.2) is 39.3 Å². The number of hydrogen-bond acceptors (Lipinski definition) is 5. The van der Waals surface area contributed by atoms with Gasteiger partial charge in [0.05, 0.1) is 18.0 Å². The fourth-order valence-electron chi connectivity index (χ4n) is 1.02. The molecule has 1 heterocycles. The largest absolute Gasteiger partial charge is 0.277 e. The molecule has 6 nitrogen and oxygen atoms in total. The summed E-state index contributed by atoms with van der Waals surface area (Å²) in [5.41, 5.74) is 2.04. The number of carbonyl (C=O) groups excluding carboxylic acids is 1. The molecule has 0 saturated carbocycles. The smallest absolute Gasteiger partial charge is 0.258 e. The number of nitrogens with zero attached hydrogens (tertiary/aromatic N) is 1. The van der Waals surface area contributed by atoms with E-state index in [2.05, 4.69) is 4.84 Å². The second-order valence-corrected chi connectivity index (χ2v) is 7.04. The molecule has 0 aliphatic rings. The second-order valence-electron chi connectivity index (χ2n) is 3.05. The average molecular weight is 299 g/mol. The van der Waals surface area contributed by atoms with Gasteiger partial charge < -0.3 is 0 Å². The molecule has 0 atom stereocenters. The van der Waals surface area contributed by atoms with E-state index in [1.807, 2.05) is 5.48 Å². The number of nitrogens with one attached hydrogen (secondary N) is 1. The highest BCUT2D eigenvalue weighted by molar-refractivity contribution is 7.91. The van der Waals surface area contributed by atoms with Crippen LogP contribution in [0.3, 0.4) is 0 Å². The molecule has 1 N–H and O–H groups in total. The summed E-state index contributed by atoms with van der Waals surface area (Å²) >= 11 is 6.60. The summed E-state index contributed by atoms with van der Waals surface area (Å²) in [6.07, 6.45) is 0. The maximum atomic E-state index is 11.9. The van der Waals surface area contributed by atoms with Gasteiger partial charge in [-0.2, -0.15) is 4.31 Å². The van der Waals surface area contributed by atoms with Crippen molar-refractivity contribution in [2.24, 2.45) is 0 Å². The third kappa shape index (κ3) is 3.65. The minimum atomic E-state index is -3.68. The van der Waals surface area contributed by atoms with Gasteiger partial charge >= 0.3 is 0 Å². The van der Waals surface area contributed by atoms with Crippen LogP contribution in [0.1, 0.15) is 0 Å². The van der Waals surface area contributed by atoms with Gasteiger partial charge in [0, 0.05) is 7.05 Å². The maximum Gasteiger partial charge on any atom is 0.258 e. The number of likely N-dealkylation sites (N-methyl/N-ethyl adjacent to an activating group) is 1. The van der Waals surface area contributed by atoms with Crippen LogP contribution in [0.25, 0.3) is 0 Å². The molecule has 0 fully saturated rings. The van der Waals surface area contributed by atoms with Crippen molar-refractivity contribution in [3.63, 3.8) is 0 Å². The predicted octanol–water partition coefficient (Wildman–Crippen LogP) is 0.700. The number of hydrogen-bond donors (Lipinski definition) is 1. The minimum Gasteiger partial charge on any atom is -0.277 e. The molecular weight excluding hydrogens is 288 g/mol. The Labute approximate surface area is 108 Å². The molecule has 17 heavy (non-hydrogen) atoms. The van der Waals surface area contributed by atoms with Gasteiger partial charge in [-0.15, -0.1) is 11.3 Å². The lowest BCUT2D eigenvalue weighted by atomic mass is 10.6. The normalized spacial score (nSPS) is 11.8. The van der Waals surface area contributed by atoms with E-state index >= 15 is 0 Å². The van der Waals surface area contributed by atoms with E-state index < -0.39 is 15.9 Å². The van der Waals surface area contributed by atoms with E-state index in [1.54, 1.807) is 0 Å². The monoisotopic (exact) mass is 298 g/mol. The first-order chi connectivity index (χ1) is 7.87. The molecule has 96 valence electrons. The van der Waals surface area contributed by atoms with Gasteiger partial charge in [-0.25, -0.2) is 13.9 Å². The molecule has 0 aliphatic carbocycles. The van der Waals surface area contributed by atoms with E-state index in [1.165, 1.54) is 26.3 Å². The fourth-order valence-corrected chi connectivity index (χ4v) is 3.84. The van der Waals surface area contributed by atoms with Crippen molar-refractivity contribution in [2.45, 2.75) is 4.21 Å². The third-order valence-electron chi connectivity index (χ3n) is 1.80. The molecule has 1 rings (SSSR count). The highest BCUT2D eigenvalue weighted by Gasteiger charge is 2.24. The molecule has 0 aromatic carbocycles. The van der Waals surface area contributed by atoms with Crippen molar-refractivity contribution in [1.82, 2.24) is 9.79 Å². The second kappa shape index (κ2) is 5.78. The molecule has 0 spiro atoms. The number of halogens is 1. The SMILES string of the molecule is CONC(=O)CN(C)S(=O)(=O)c1ccc(Cl)s1. The summed E-state index contributed by atoms with van der Waals surface area (Å²) in [7, 11) is -1.11. The lowest BCUT2D eigenvalue weighted by Gasteiger charge is -2.14. The summed E-state index contributed by atoms with van der Waals surface area (Å²) in [6.45, 7) is -0.328. The number of amides is 1. The van der Waals surface area contributed by atoms with E-state index in [4.69, 9.17) is 11.6 Å². The first-order valence-corrected chi connectivity index (χ1v) is 7.05. The molecule has 0 unspecified atom stereocenters. The first kappa shape index (κ1) is 14.4. The number of hydroxylamine groups is 1. The van der Waals surface area contributed by atoms with Gasteiger partial charge in [0.2, 0.25) is 0 Å². The molecule has 0 aliphatic heterocycles. The van der Waals surface area contributed by atoms with Gasteiger partial charge in [-0.05, 0) is 12.1 Å². The van der Waals surface area contributed by atoms with Crippen molar-refractivity contribution >= 4 is 38.9 Å². The zero-order valence-electron chi connectivity index (χ0n) is 9.14. The Morgan fingerprint density at radius 3 is 2.71 bits per heavy atom. The Morgan fingerprint density at radius 2 is 2.24 bits per heavy atom. The van der Waals surface area contributed by atoms with Crippen molar-refractivity contribution in [2.75, 3.05) is 20.7 Å². The van der Waals surface area contributed by atoms with E-state index in [9.17, 15) is 13.2 Å². The van der Waals surface area contributed by atoms with E-state index in [0.717, 1.165) is 15.6 Å². The number of carbonyl (C=O) groups is 1. The van der Waals surface area contributed by atoms with Gasteiger partial charge in [0.15, 0.2) is 0 Å². The van der Waals surface area contributed by atoms with Crippen molar-refractivity contribution in [3.8, 4) is 0 Å². The molecule has 0 bridgehead atoms. The van der Waals surface area contributed by atoms with Crippen LogP contribution in [-0.2, 0) is 19.7 Å². The quantitative estimate of drug-likeness (QED) is 0.812. The molecule has 9 heteroatoms. The van der Waals surface area contributed by atoms with Crippen LogP contribution in [0.4, 0.5) is 0 Å². The predicted molar refractivity (Wildman–Crippen MR) is 64.3 cm³/mol. The molecule has 1 amide bonds. The molecular formula is C8H11ClN2O4S2. The summed E-state index contributed by atoms with van der Waals surface area (Å²) < 4.78 is 25.3. The highest BCUT2D eigenvalue weighted by Crippen LogP contribution is 2.27. The number of thiophene rings is 1. The topological polar surface area (TPSA) is 75.7 Å². The minimum absolute atomic E-state index is 0.0928. The third-order valence-corrected chi connectivity index (χ3v) is 5.30. The Morgan fingerprint density at radius 1 is 1.59 bits per heavy atom. The van der Waals surface area contributed by atoms with Crippen molar-refractivity contribution in [3.05, 3.63) is 16.5 Å². The summed E-state index contributed by atoms with van der Waals surface area (Å²) in [4.78, 5) is 15.6. The Hall–Kier alpha value is -0.670. The zero-order chi connectivity index (χ0) is 13.1. The standard InChI is InChI=1S/C8H11ClN2O4S2/c1-11(5-7(12)10-15-2)17(13,14)8-4-3-6(9)16-8/h3-4H,5H2,1-2H3,(H,10,12). The van der Waals surface area contributed by atoms with Gasteiger partial charge in [-0.1, -0.05) is 11.6 Å². The molecule has 1 aromatic rings. The molecule has 0 radical (unpaired) electrons. The van der Waals surface area contributed by atoms with Gasteiger partial charge in [0.25, 0.3) is 15.9 Å². The van der Waals surface area contributed by atoms with E-state index in [0.29, 0.717) is 4.34 Å².